The molecular formula is C15H28N4. The average Bonchev–Trinajstić information content (AvgIpc) is 2.85. The van der Waals surface area contributed by atoms with Gasteiger partial charge in [0.1, 0.15) is 0 Å². The molecule has 4 nitrogen and oxygen atoms in total. The molecule has 0 spiro atoms. The molecule has 108 valence electrons. The molecule has 4 heteroatoms. The molecule has 1 aromatic rings. The molecule has 1 saturated heterocycles. The van der Waals surface area contributed by atoms with Gasteiger partial charge in [0.2, 0.25) is 5.95 Å². The zero-order chi connectivity index (χ0) is 13.7. The molecule has 0 aromatic carbocycles. The molecule has 1 fully saturated rings. The number of nitrogens with zero attached hydrogens (tertiary/aromatic N) is 3. The summed E-state index contributed by atoms with van der Waals surface area (Å²) in [5.41, 5.74) is 0. The predicted octanol–water partition coefficient (Wildman–Crippen LogP) is 3.14. The third-order valence-electron chi connectivity index (χ3n) is 4.07. The lowest BCUT2D eigenvalue weighted by Crippen LogP contribution is -2.38. The fourth-order valence-electron chi connectivity index (χ4n) is 2.84. The smallest absolute Gasteiger partial charge is 0.203 e. The van der Waals surface area contributed by atoms with E-state index >= 15 is 0 Å². The molecule has 2 rings (SSSR count). The van der Waals surface area contributed by atoms with E-state index in [9.17, 15) is 0 Å². The van der Waals surface area contributed by atoms with Crippen molar-refractivity contribution in [2.75, 3.05) is 25.0 Å². The molecule has 0 amide bonds. The lowest BCUT2D eigenvalue weighted by molar-refractivity contribution is 0.160. The molecule has 1 atom stereocenters. The van der Waals surface area contributed by atoms with E-state index in [1.54, 1.807) is 0 Å². The summed E-state index contributed by atoms with van der Waals surface area (Å²) in [5.74, 6) is 1.00. The van der Waals surface area contributed by atoms with E-state index in [4.69, 9.17) is 0 Å². The maximum absolute atomic E-state index is 4.37. The van der Waals surface area contributed by atoms with Gasteiger partial charge in [0.15, 0.2) is 0 Å². The van der Waals surface area contributed by atoms with Gasteiger partial charge in [-0.05, 0) is 46.6 Å². The van der Waals surface area contributed by atoms with E-state index in [2.05, 4.69) is 40.5 Å². The quantitative estimate of drug-likeness (QED) is 0.801. The highest BCUT2D eigenvalue weighted by atomic mass is 15.2. The van der Waals surface area contributed by atoms with Gasteiger partial charge in [0.05, 0.1) is 0 Å². The molecule has 19 heavy (non-hydrogen) atoms. The van der Waals surface area contributed by atoms with Crippen LogP contribution in [0.15, 0.2) is 12.4 Å². The summed E-state index contributed by atoms with van der Waals surface area (Å²) in [4.78, 5) is 7.00. The lowest BCUT2D eigenvalue weighted by Gasteiger charge is -2.33. The summed E-state index contributed by atoms with van der Waals surface area (Å²) in [5, 5.41) is 3.45. The average molecular weight is 264 g/mol. The molecule has 2 heterocycles. The van der Waals surface area contributed by atoms with Crippen molar-refractivity contribution >= 4 is 5.95 Å². The van der Waals surface area contributed by atoms with Crippen molar-refractivity contribution in [3.8, 4) is 0 Å². The van der Waals surface area contributed by atoms with Crippen LogP contribution in [0.3, 0.4) is 0 Å². The summed E-state index contributed by atoms with van der Waals surface area (Å²) >= 11 is 0. The summed E-state index contributed by atoms with van der Waals surface area (Å²) in [6.07, 6.45) is 9.24. The largest absolute Gasteiger partial charge is 0.356 e. The SMILES string of the molecule is CC1CCCCN1CCCNc1nccn1C(C)C. The van der Waals surface area contributed by atoms with Crippen LogP contribution in [0.2, 0.25) is 0 Å². The normalized spacial score (nSPS) is 20.9. The third kappa shape index (κ3) is 3.96. The Kier molecular flexibility index (Phi) is 5.25. The summed E-state index contributed by atoms with van der Waals surface area (Å²) in [7, 11) is 0. The van der Waals surface area contributed by atoms with Gasteiger partial charge in [-0.3, -0.25) is 0 Å². The van der Waals surface area contributed by atoms with Crippen LogP contribution >= 0.6 is 0 Å². The molecule has 0 bridgehead atoms. The summed E-state index contributed by atoms with van der Waals surface area (Å²) in [6, 6.07) is 1.23. The van der Waals surface area contributed by atoms with Crippen LogP contribution < -0.4 is 5.32 Å². The van der Waals surface area contributed by atoms with Crippen LogP contribution in [0.5, 0.6) is 0 Å². The summed E-state index contributed by atoms with van der Waals surface area (Å²) < 4.78 is 2.18. The Morgan fingerprint density at radius 3 is 3.00 bits per heavy atom. The molecule has 1 N–H and O–H groups in total. The van der Waals surface area contributed by atoms with E-state index in [0.29, 0.717) is 6.04 Å². The van der Waals surface area contributed by atoms with Crippen LogP contribution in [-0.2, 0) is 0 Å². The zero-order valence-corrected chi connectivity index (χ0v) is 12.6. The van der Waals surface area contributed by atoms with Crippen molar-refractivity contribution < 1.29 is 0 Å². The van der Waals surface area contributed by atoms with E-state index < -0.39 is 0 Å². The lowest BCUT2D eigenvalue weighted by atomic mass is 10.0. The van der Waals surface area contributed by atoms with Gasteiger partial charge >= 0.3 is 0 Å². The first-order valence-electron chi connectivity index (χ1n) is 7.69. The Morgan fingerprint density at radius 1 is 1.42 bits per heavy atom. The van der Waals surface area contributed by atoms with Crippen molar-refractivity contribution in [3.63, 3.8) is 0 Å². The predicted molar refractivity (Wildman–Crippen MR) is 80.6 cm³/mol. The first-order valence-corrected chi connectivity index (χ1v) is 7.69. The molecule has 0 radical (unpaired) electrons. The zero-order valence-electron chi connectivity index (χ0n) is 12.6. The first-order chi connectivity index (χ1) is 9.18. The van der Waals surface area contributed by atoms with Crippen molar-refractivity contribution in [2.45, 2.75) is 58.5 Å². The Morgan fingerprint density at radius 2 is 2.26 bits per heavy atom. The van der Waals surface area contributed by atoms with E-state index in [1.165, 1.54) is 38.8 Å². The Bertz CT molecular complexity index is 372. The van der Waals surface area contributed by atoms with Crippen molar-refractivity contribution in [1.82, 2.24) is 14.5 Å². The monoisotopic (exact) mass is 264 g/mol. The molecule has 0 saturated carbocycles. The van der Waals surface area contributed by atoms with Gasteiger partial charge in [0.25, 0.3) is 0 Å². The number of piperidine rings is 1. The second-order valence-electron chi connectivity index (χ2n) is 5.91. The number of likely N-dealkylation sites (tertiary alicyclic amines) is 1. The van der Waals surface area contributed by atoms with E-state index in [-0.39, 0.29) is 0 Å². The highest BCUT2D eigenvalue weighted by Gasteiger charge is 2.17. The van der Waals surface area contributed by atoms with Crippen molar-refractivity contribution in [3.05, 3.63) is 12.4 Å². The minimum atomic E-state index is 0.465. The molecule has 1 aliphatic heterocycles. The fourth-order valence-corrected chi connectivity index (χ4v) is 2.84. The highest BCUT2D eigenvalue weighted by molar-refractivity contribution is 5.26. The maximum atomic E-state index is 4.37. The second kappa shape index (κ2) is 6.94. The van der Waals surface area contributed by atoms with E-state index in [0.717, 1.165) is 18.5 Å². The molecular weight excluding hydrogens is 236 g/mol. The van der Waals surface area contributed by atoms with Gasteiger partial charge in [0, 0.05) is 37.6 Å². The number of hydrogen-bond donors (Lipinski definition) is 1. The standard InChI is InChI=1S/C15H28N4/c1-13(2)19-12-9-17-15(19)16-8-6-11-18-10-5-4-7-14(18)3/h9,12-14H,4-8,10-11H2,1-3H3,(H,16,17). The highest BCUT2D eigenvalue weighted by Crippen LogP contribution is 2.16. The Balaban J connectivity index is 1.70. The van der Waals surface area contributed by atoms with Gasteiger partial charge in [-0.15, -0.1) is 0 Å². The molecule has 1 aromatic heterocycles. The first kappa shape index (κ1) is 14.4. The van der Waals surface area contributed by atoms with Gasteiger partial charge in [-0.1, -0.05) is 6.42 Å². The Hall–Kier alpha value is -1.03. The number of anilines is 1. The fraction of sp³-hybridized carbons (Fsp3) is 0.800. The van der Waals surface area contributed by atoms with Gasteiger partial charge in [-0.2, -0.15) is 0 Å². The topological polar surface area (TPSA) is 33.1 Å². The Labute approximate surface area is 117 Å². The molecule has 1 unspecified atom stereocenters. The minimum Gasteiger partial charge on any atom is -0.356 e. The second-order valence-corrected chi connectivity index (χ2v) is 5.91. The van der Waals surface area contributed by atoms with Gasteiger partial charge in [-0.25, -0.2) is 4.98 Å². The number of nitrogens with one attached hydrogen (secondary N) is 1. The van der Waals surface area contributed by atoms with E-state index in [1.807, 2.05) is 12.4 Å². The van der Waals surface area contributed by atoms with Crippen LogP contribution in [0, 0.1) is 0 Å². The number of rotatable bonds is 6. The van der Waals surface area contributed by atoms with Crippen LogP contribution in [0.25, 0.3) is 0 Å². The summed E-state index contributed by atoms with van der Waals surface area (Å²) in [6.45, 7) is 10.2. The van der Waals surface area contributed by atoms with Gasteiger partial charge < -0.3 is 14.8 Å². The van der Waals surface area contributed by atoms with Crippen LogP contribution in [-0.4, -0.2) is 40.1 Å². The third-order valence-corrected chi connectivity index (χ3v) is 4.07. The van der Waals surface area contributed by atoms with Crippen molar-refractivity contribution in [1.29, 1.82) is 0 Å². The number of aromatic nitrogens is 2. The minimum absolute atomic E-state index is 0.465. The number of hydrogen-bond acceptors (Lipinski definition) is 3. The van der Waals surface area contributed by atoms with Crippen molar-refractivity contribution in [2.24, 2.45) is 0 Å². The molecule has 0 aliphatic carbocycles. The number of imidazole rings is 1. The van der Waals surface area contributed by atoms with Crippen LogP contribution in [0.4, 0.5) is 5.95 Å². The molecule has 1 aliphatic rings. The maximum Gasteiger partial charge on any atom is 0.203 e. The van der Waals surface area contributed by atoms with Crippen LogP contribution in [0.1, 0.15) is 52.5 Å².